The van der Waals surface area contributed by atoms with Gasteiger partial charge in [-0.3, -0.25) is 4.79 Å². The van der Waals surface area contributed by atoms with Gasteiger partial charge in [0.1, 0.15) is 11.4 Å². The number of nitrogens with one attached hydrogen (secondary N) is 1. The van der Waals surface area contributed by atoms with Gasteiger partial charge in [0.25, 0.3) is 0 Å². The zero-order valence-corrected chi connectivity index (χ0v) is 11.6. The standard InChI is InChI=1S/C18H12N2O2/c21-12-8-15-17(22)9-16(20-18(15)19-10-12)14-7-3-5-11-4-1-2-6-13(11)14/h1-10,21H,(H,19,20,22). The second-order valence-electron chi connectivity index (χ2n) is 5.16. The Hall–Kier alpha value is -3.14. The second kappa shape index (κ2) is 4.70. The predicted molar refractivity (Wildman–Crippen MR) is 87.0 cm³/mol. The average molecular weight is 288 g/mol. The molecule has 2 aromatic carbocycles. The van der Waals surface area contributed by atoms with E-state index in [1.165, 1.54) is 12.3 Å². The Balaban J connectivity index is 2.05. The van der Waals surface area contributed by atoms with Crippen molar-refractivity contribution in [3.63, 3.8) is 0 Å². The van der Waals surface area contributed by atoms with Crippen LogP contribution in [0, 0.1) is 0 Å². The third-order valence-corrected chi connectivity index (χ3v) is 3.75. The zero-order valence-electron chi connectivity index (χ0n) is 11.6. The first-order valence-corrected chi connectivity index (χ1v) is 6.92. The monoisotopic (exact) mass is 288 g/mol. The molecule has 2 aromatic heterocycles. The lowest BCUT2D eigenvalue weighted by atomic mass is 10.0. The average Bonchev–Trinajstić information content (AvgIpc) is 2.55. The van der Waals surface area contributed by atoms with Crippen molar-refractivity contribution >= 4 is 21.8 Å². The first kappa shape index (κ1) is 12.6. The number of H-pyrrole nitrogens is 1. The molecule has 0 fully saturated rings. The van der Waals surface area contributed by atoms with E-state index >= 15 is 0 Å². The number of rotatable bonds is 1. The highest BCUT2D eigenvalue weighted by atomic mass is 16.3. The van der Waals surface area contributed by atoms with E-state index in [2.05, 4.69) is 9.97 Å². The Morgan fingerprint density at radius 3 is 2.68 bits per heavy atom. The van der Waals surface area contributed by atoms with E-state index < -0.39 is 0 Å². The molecule has 0 radical (unpaired) electrons. The number of aromatic hydroxyl groups is 1. The fourth-order valence-corrected chi connectivity index (χ4v) is 2.72. The van der Waals surface area contributed by atoms with Gasteiger partial charge in [-0.25, -0.2) is 4.98 Å². The smallest absolute Gasteiger partial charge is 0.191 e. The number of aromatic amines is 1. The van der Waals surface area contributed by atoms with Gasteiger partial charge in [0.2, 0.25) is 0 Å². The molecule has 0 saturated heterocycles. The Morgan fingerprint density at radius 1 is 0.955 bits per heavy atom. The maximum atomic E-state index is 12.3. The molecule has 0 saturated carbocycles. The summed E-state index contributed by atoms with van der Waals surface area (Å²) in [6.07, 6.45) is 1.32. The van der Waals surface area contributed by atoms with Gasteiger partial charge in [-0.2, -0.15) is 0 Å². The van der Waals surface area contributed by atoms with Crippen LogP contribution >= 0.6 is 0 Å². The normalized spacial score (nSPS) is 11.1. The molecule has 2 N–H and O–H groups in total. The number of hydrogen-bond acceptors (Lipinski definition) is 3. The molecule has 0 amide bonds. The number of fused-ring (bicyclic) bond motifs is 2. The van der Waals surface area contributed by atoms with Crippen molar-refractivity contribution in [2.24, 2.45) is 0 Å². The van der Waals surface area contributed by atoms with Crippen molar-refractivity contribution in [3.05, 3.63) is 71.0 Å². The van der Waals surface area contributed by atoms with Crippen LogP contribution in [-0.4, -0.2) is 15.1 Å². The summed E-state index contributed by atoms with van der Waals surface area (Å²) in [5.41, 5.74) is 1.97. The zero-order chi connectivity index (χ0) is 15.1. The van der Waals surface area contributed by atoms with Gasteiger partial charge in [-0.15, -0.1) is 0 Å². The summed E-state index contributed by atoms with van der Waals surface area (Å²) in [5.74, 6) is -0.0177. The van der Waals surface area contributed by atoms with Crippen molar-refractivity contribution in [2.75, 3.05) is 0 Å². The molecule has 4 nitrogen and oxygen atoms in total. The lowest BCUT2D eigenvalue weighted by molar-refractivity contribution is 0.474. The first-order chi connectivity index (χ1) is 10.7. The summed E-state index contributed by atoms with van der Waals surface area (Å²) >= 11 is 0. The molecule has 0 spiro atoms. The van der Waals surface area contributed by atoms with Crippen LogP contribution in [0.4, 0.5) is 0 Å². The molecular formula is C18H12N2O2. The van der Waals surface area contributed by atoms with Crippen molar-refractivity contribution in [1.82, 2.24) is 9.97 Å². The van der Waals surface area contributed by atoms with Crippen LogP contribution in [0.25, 0.3) is 33.1 Å². The molecule has 2 heterocycles. The van der Waals surface area contributed by atoms with E-state index in [-0.39, 0.29) is 11.2 Å². The topological polar surface area (TPSA) is 66.0 Å². The summed E-state index contributed by atoms with van der Waals surface area (Å²) in [6.45, 7) is 0. The van der Waals surface area contributed by atoms with Crippen molar-refractivity contribution in [3.8, 4) is 17.0 Å². The Bertz CT molecular complexity index is 1060. The van der Waals surface area contributed by atoms with Gasteiger partial charge in [0.05, 0.1) is 17.3 Å². The molecule has 0 bridgehead atoms. The summed E-state index contributed by atoms with van der Waals surface area (Å²) in [6, 6.07) is 17.0. The number of aromatic nitrogens is 2. The number of hydrogen-bond donors (Lipinski definition) is 2. The number of pyridine rings is 2. The number of benzene rings is 2. The predicted octanol–water partition coefficient (Wildman–Crippen LogP) is 3.45. The van der Waals surface area contributed by atoms with Gasteiger partial charge in [-0.1, -0.05) is 42.5 Å². The van der Waals surface area contributed by atoms with Crippen LogP contribution < -0.4 is 5.43 Å². The Morgan fingerprint density at radius 2 is 1.77 bits per heavy atom. The van der Waals surface area contributed by atoms with E-state index in [9.17, 15) is 9.90 Å². The Kier molecular flexibility index (Phi) is 2.69. The van der Waals surface area contributed by atoms with Crippen molar-refractivity contribution < 1.29 is 5.11 Å². The van der Waals surface area contributed by atoms with E-state index in [1.807, 2.05) is 42.5 Å². The molecule has 0 unspecified atom stereocenters. The van der Waals surface area contributed by atoms with Gasteiger partial charge in [0, 0.05) is 11.6 Å². The van der Waals surface area contributed by atoms with Crippen LogP contribution in [0.1, 0.15) is 0 Å². The fourth-order valence-electron chi connectivity index (χ4n) is 2.72. The van der Waals surface area contributed by atoms with E-state index in [1.54, 1.807) is 6.07 Å². The molecule has 4 rings (SSSR count). The van der Waals surface area contributed by atoms with Crippen LogP contribution in [0.3, 0.4) is 0 Å². The fraction of sp³-hybridized carbons (Fsp3) is 0. The third-order valence-electron chi connectivity index (χ3n) is 3.75. The maximum absolute atomic E-state index is 12.3. The van der Waals surface area contributed by atoms with Gasteiger partial charge < -0.3 is 10.1 Å². The van der Waals surface area contributed by atoms with Crippen LogP contribution in [0.15, 0.2) is 65.6 Å². The van der Waals surface area contributed by atoms with Gasteiger partial charge in [0.15, 0.2) is 5.43 Å². The largest absolute Gasteiger partial charge is 0.506 e. The summed E-state index contributed by atoms with van der Waals surface area (Å²) in [4.78, 5) is 19.6. The van der Waals surface area contributed by atoms with Crippen molar-refractivity contribution in [2.45, 2.75) is 0 Å². The second-order valence-corrected chi connectivity index (χ2v) is 5.16. The molecule has 4 heteroatoms. The summed E-state index contributed by atoms with van der Waals surface area (Å²) in [5, 5.41) is 12.0. The minimum atomic E-state index is -0.167. The van der Waals surface area contributed by atoms with Crippen molar-refractivity contribution in [1.29, 1.82) is 0 Å². The van der Waals surface area contributed by atoms with Crippen LogP contribution in [-0.2, 0) is 0 Å². The molecular weight excluding hydrogens is 276 g/mol. The minimum absolute atomic E-state index is 0.0177. The highest BCUT2D eigenvalue weighted by Gasteiger charge is 2.08. The highest BCUT2D eigenvalue weighted by molar-refractivity contribution is 5.96. The molecule has 0 atom stereocenters. The third kappa shape index (κ3) is 1.93. The molecule has 0 aliphatic rings. The Labute approximate surface area is 125 Å². The lowest BCUT2D eigenvalue weighted by Gasteiger charge is -2.08. The SMILES string of the molecule is O=c1cc(-c2cccc3ccccc23)[nH]c2ncc(O)cc12. The van der Waals surface area contributed by atoms with Gasteiger partial charge in [-0.05, 0) is 16.8 Å². The van der Waals surface area contributed by atoms with E-state index in [0.717, 1.165) is 16.3 Å². The quantitative estimate of drug-likeness (QED) is 0.564. The lowest BCUT2D eigenvalue weighted by Crippen LogP contribution is -2.04. The molecule has 22 heavy (non-hydrogen) atoms. The molecule has 4 aromatic rings. The van der Waals surface area contributed by atoms with Crippen LogP contribution in [0.5, 0.6) is 5.75 Å². The summed E-state index contributed by atoms with van der Waals surface area (Å²) < 4.78 is 0. The van der Waals surface area contributed by atoms with Gasteiger partial charge >= 0.3 is 0 Å². The van der Waals surface area contributed by atoms with E-state index in [0.29, 0.717) is 16.7 Å². The summed E-state index contributed by atoms with van der Waals surface area (Å²) in [7, 11) is 0. The molecule has 0 aliphatic heterocycles. The molecule has 106 valence electrons. The maximum Gasteiger partial charge on any atom is 0.191 e. The van der Waals surface area contributed by atoms with Crippen LogP contribution in [0.2, 0.25) is 0 Å². The van der Waals surface area contributed by atoms with E-state index in [4.69, 9.17) is 0 Å². The number of nitrogens with zero attached hydrogens (tertiary/aromatic N) is 1. The highest BCUT2D eigenvalue weighted by Crippen LogP contribution is 2.27. The minimum Gasteiger partial charge on any atom is -0.506 e. The first-order valence-electron chi connectivity index (χ1n) is 6.92. The molecule has 0 aliphatic carbocycles.